The van der Waals surface area contributed by atoms with Crippen LogP contribution in [0.4, 0.5) is 4.79 Å². The van der Waals surface area contributed by atoms with Gasteiger partial charge in [-0.15, -0.1) is 0 Å². The number of urea groups is 1. The fraction of sp³-hybridized carbons (Fsp3) is 0.286. The third-order valence-electron chi connectivity index (χ3n) is 7.09. The summed E-state index contributed by atoms with van der Waals surface area (Å²) < 4.78 is 10.8. The van der Waals surface area contributed by atoms with Crippen molar-refractivity contribution >= 4 is 36.0 Å². The summed E-state index contributed by atoms with van der Waals surface area (Å²) in [5.41, 5.74) is 1.24. The molecular formula is C28H26N2O6. The summed E-state index contributed by atoms with van der Waals surface area (Å²) >= 11 is 0. The molecule has 1 N–H and O–H groups in total. The lowest BCUT2D eigenvalue weighted by Gasteiger charge is -2.35. The SMILES string of the molecule is COc1cc(/C=C2\C(=O)NC(=O)N([C@H]3C[C@H]4CC[C@H]3C4)C2=O)ccc1OC(=O)/C=C/c1ccccc1. The second-order valence-corrected chi connectivity index (χ2v) is 9.31. The molecule has 1 heterocycles. The second-order valence-electron chi connectivity index (χ2n) is 9.31. The van der Waals surface area contributed by atoms with Crippen molar-refractivity contribution in [2.45, 2.75) is 31.7 Å². The second kappa shape index (κ2) is 9.81. The number of amides is 4. The van der Waals surface area contributed by atoms with E-state index >= 15 is 0 Å². The zero-order chi connectivity index (χ0) is 25.2. The first-order chi connectivity index (χ1) is 17.4. The largest absolute Gasteiger partial charge is 0.493 e. The van der Waals surface area contributed by atoms with Gasteiger partial charge in [-0.05, 0) is 66.5 Å². The number of rotatable bonds is 6. The maximum absolute atomic E-state index is 13.2. The Hall–Kier alpha value is -4.20. The molecule has 2 bridgehead atoms. The highest BCUT2D eigenvalue weighted by atomic mass is 16.6. The number of nitrogens with one attached hydrogen (secondary N) is 1. The molecule has 0 radical (unpaired) electrons. The van der Waals surface area contributed by atoms with Gasteiger partial charge in [0.25, 0.3) is 11.8 Å². The van der Waals surface area contributed by atoms with E-state index in [1.807, 2.05) is 30.3 Å². The quantitative estimate of drug-likeness (QED) is 0.287. The Morgan fingerprint density at radius 3 is 2.50 bits per heavy atom. The fourth-order valence-electron chi connectivity index (χ4n) is 5.40. The number of hydrogen-bond acceptors (Lipinski definition) is 6. The van der Waals surface area contributed by atoms with Gasteiger partial charge in [-0.1, -0.05) is 42.8 Å². The number of barbiturate groups is 1. The van der Waals surface area contributed by atoms with Crippen molar-refractivity contribution in [3.8, 4) is 11.5 Å². The Kier molecular flexibility index (Phi) is 6.41. The molecule has 3 fully saturated rings. The van der Waals surface area contributed by atoms with Crippen LogP contribution in [0, 0.1) is 11.8 Å². The lowest BCUT2D eigenvalue weighted by atomic mass is 9.93. The molecule has 0 spiro atoms. The van der Waals surface area contributed by atoms with Crippen LogP contribution in [-0.4, -0.2) is 41.9 Å². The molecule has 3 atom stereocenters. The van der Waals surface area contributed by atoms with Gasteiger partial charge < -0.3 is 9.47 Å². The monoisotopic (exact) mass is 486 g/mol. The van der Waals surface area contributed by atoms with Crippen LogP contribution in [0.2, 0.25) is 0 Å². The standard InChI is InChI=1S/C28H26N2O6/c1-35-24-16-19(8-11-23(24)36-25(31)12-9-17-5-3-2-4-6-17)14-21-26(32)29-28(34)30(27(21)33)22-15-18-7-10-20(22)13-18/h2-6,8-9,11-12,14,16,18,20,22H,7,10,13,15H2,1H3,(H,29,32,34)/b12-9+,21-14+/t18-,20-,22-/m0/s1. The fourth-order valence-corrected chi connectivity index (χ4v) is 5.40. The third-order valence-corrected chi connectivity index (χ3v) is 7.09. The highest BCUT2D eigenvalue weighted by Crippen LogP contribution is 2.47. The summed E-state index contributed by atoms with van der Waals surface area (Å²) in [6.45, 7) is 0. The molecule has 4 amide bonds. The minimum absolute atomic E-state index is 0.116. The van der Waals surface area contributed by atoms with E-state index in [9.17, 15) is 19.2 Å². The van der Waals surface area contributed by atoms with Crippen LogP contribution in [0.5, 0.6) is 11.5 Å². The van der Waals surface area contributed by atoms with Crippen molar-refractivity contribution < 1.29 is 28.7 Å². The summed E-state index contributed by atoms with van der Waals surface area (Å²) in [5, 5.41) is 2.31. The molecule has 184 valence electrons. The maximum Gasteiger partial charge on any atom is 0.336 e. The van der Waals surface area contributed by atoms with Gasteiger partial charge in [0.2, 0.25) is 0 Å². The lowest BCUT2D eigenvalue weighted by molar-refractivity contribution is -0.132. The van der Waals surface area contributed by atoms with Gasteiger partial charge in [0, 0.05) is 12.1 Å². The zero-order valence-electron chi connectivity index (χ0n) is 19.8. The van der Waals surface area contributed by atoms with Crippen molar-refractivity contribution in [2.24, 2.45) is 11.8 Å². The van der Waals surface area contributed by atoms with E-state index in [-0.39, 0.29) is 23.1 Å². The number of nitrogens with zero attached hydrogens (tertiary/aromatic N) is 1. The number of carbonyl (C=O) groups is 4. The van der Waals surface area contributed by atoms with Crippen LogP contribution in [0.25, 0.3) is 12.2 Å². The average molecular weight is 487 g/mol. The molecule has 2 aromatic rings. The topological polar surface area (TPSA) is 102 Å². The van der Waals surface area contributed by atoms with Gasteiger partial charge in [0.15, 0.2) is 11.5 Å². The Morgan fingerprint density at radius 1 is 1.00 bits per heavy atom. The molecule has 1 aliphatic heterocycles. The van der Waals surface area contributed by atoms with Crippen molar-refractivity contribution in [2.75, 3.05) is 7.11 Å². The Morgan fingerprint density at radius 2 is 1.81 bits per heavy atom. The average Bonchev–Trinajstić information content (AvgIpc) is 3.50. The van der Waals surface area contributed by atoms with Gasteiger partial charge in [-0.25, -0.2) is 9.59 Å². The predicted octanol–water partition coefficient (Wildman–Crippen LogP) is 3.96. The number of hydrogen-bond donors (Lipinski definition) is 1. The minimum Gasteiger partial charge on any atom is -0.493 e. The van der Waals surface area contributed by atoms with Gasteiger partial charge in [0.05, 0.1) is 7.11 Å². The van der Waals surface area contributed by atoms with Crippen molar-refractivity contribution in [3.05, 3.63) is 71.3 Å². The Balaban J connectivity index is 1.34. The molecule has 1 saturated heterocycles. The van der Waals surface area contributed by atoms with Crippen LogP contribution in [0.3, 0.4) is 0 Å². The molecule has 0 unspecified atom stereocenters. The zero-order valence-corrected chi connectivity index (χ0v) is 19.8. The molecule has 8 nitrogen and oxygen atoms in total. The highest BCUT2D eigenvalue weighted by Gasteiger charge is 2.49. The summed E-state index contributed by atoms with van der Waals surface area (Å²) in [5.74, 6) is -0.607. The van der Waals surface area contributed by atoms with E-state index in [0.29, 0.717) is 17.4 Å². The number of carbonyl (C=O) groups excluding carboxylic acids is 4. The number of methoxy groups -OCH3 is 1. The van der Waals surface area contributed by atoms with E-state index < -0.39 is 23.8 Å². The number of fused-ring (bicyclic) bond motifs is 2. The Bertz CT molecular complexity index is 1280. The van der Waals surface area contributed by atoms with Gasteiger partial charge in [-0.3, -0.25) is 19.8 Å². The molecule has 5 rings (SSSR count). The van der Waals surface area contributed by atoms with E-state index in [1.54, 1.807) is 18.2 Å². The van der Waals surface area contributed by atoms with Gasteiger partial charge >= 0.3 is 12.0 Å². The smallest absolute Gasteiger partial charge is 0.336 e. The maximum atomic E-state index is 13.2. The van der Waals surface area contributed by atoms with Gasteiger partial charge in [-0.2, -0.15) is 0 Å². The molecule has 2 aliphatic carbocycles. The number of imide groups is 2. The molecule has 0 aromatic heterocycles. The molecule has 8 heteroatoms. The molecule has 2 saturated carbocycles. The van der Waals surface area contributed by atoms with E-state index in [0.717, 1.165) is 31.2 Å². The first kappa shape index (κ1) is 23.5. The van der Waals surface area contributed by atoms with Crippen LogP contribution < -0.4 is 14.8 Å². The van der Waals surface area contributed by atoms with Crippen LogP contribution in [0.1, 0.15) is 36.8 Å². The first-order valence-electron chi connectivity index (χ1n) is 12.0. The number of benzene rings is 2. The van der Waals surface area contributed by atoms with E-state index in [2.05, 4.69) is 5.32 Å². The normalized spacial score (nSPS) is 24.5. The third kappa shape index (κ3) is 4.66. The molecular weight excluding hydrogens is 460 g/mol. The van der Waals surface area contributed by atoms with Gasteiger partial charge in [0.1, 0.15) is 5.57 Å². The van der Waals surface area contributed by atoms with Crippen LogP contribution in [-0.2, 0) is 14.4 Å². The Labute approximate surface area is 208 Å². The van der Waals surface area contributed by atoms with Crippen molar-refractivity contribution in [1.82, 2.24) is 10.2 Å². The van der Waals surface area contributed by atoms with Crippen LogP contribution >= 0.6 is 0 Å². The summed E-state index contributed by atoms with van der Waals surface area (Å²) in [6, 6.07) is 13.2. The van der Waals surface area contributed by atoms with Crippen LogP contribution in [0.15, 0.2) is 60.2 Å². The predicted molar refractivity (Wildman–Crippen MR) is 132 cm³/mol. The summed E-state index contributed by atoms with van der Waals surface area (Å²) in [4.78, 5) is 51.8. The molecule has 2 aromatic carbocycles. The highest BCUT2D eigenvalue weighted by molar-refractivity contribution is 6.31. The van der Waals surface area contributed by atoms with E-state index in [1.165, 1.54) is 30.2 Å². The molecule has 36 heavy (non-hydrogen) atoms. The lowest BCUT2D eigenvalue weighted by Crippen LogP contribution is -2.58. The molecule has 3 aliphatic rings. The van der Waals surface area contributed by atoms with Crippen molar-refractivity contribution in [1.29, 1.82) is 0 Å². The van der Waals surface area contributed by atoms with Crippen molar-refractivity contribution in [3.63, 3.8) is 0 Å². The minimum atomic E-state index is -0.732. The number of esters is 1. The van der Waals surface area contributed by atoms with E-state index in [4.69, 9.17) is 9.47 Å². The number of ether oxygens (including phenoxy) is 2. The first-order valence-corrected chi connectivity index (χ1v) is 12.0. The summed E-state index contributed by atoms with van der Waals surface area (Å²) in [6.07, 6.45) is 8.32. The summed E-state index contributed by atoms with van der Waals surface area (Å²) in [7, 11) is 1.43.